The van der Waals surface area contributed by atoms with E-state index in [4.69, 9.17) is 5.11 Å². The summed E-state index contributed by atoms with van der Waals surface area (Å²) < 4.78 is 1.39. The smallest absolute Gasteiger partial charge is 0.347 e. The van der Waals surface area contributed by atoms with Gasteiger partial charge in [0.25, 0.3) is 0 Å². The van der Waals surface area contributed by atoms with E-state index in [0.717, 1.165) is 11.1 Å². The Morgan fingerprint density at radius 2 is 2.35 bits per heavy atom. The van der Waals surface area contributed by atoms with Gasteiger partial charge in [-0.15, -0.1) is 0 Å². The predicted molar refractivity (Wildman–Crippen MR) is 62.9 cm³/mol. The van der Waals surface area contributed by atoms with Crippen molar-refractivity contribution in [2.24, 2.45) is 0 Å². The van der Waals surface area contributed by atoms with Crippen LogP contribution in [-0.2, 0) is 0 Å². The molecule has 2 aromatic rings. The summed E-state index contributed by atoms with van der Waals surface area (Å²) in [6, 6.07) is 5.47. The van der Waals surface area contributed by atoms with Crippen LogP contribution in [0.2, 0.25) is 0 Å². The topological polar surface area (TPSA) is 70.9 Å². The Morgan fingerprint density at radius 1 is 1.53 bits per heavy atom. The number of aromatic nitrogens is 3. The molecule has 0 aliphatic heterocycles. The first-order valence-electron chi connectivity index (χ1n) is 5.05. The highest BCUT2D eigenvalue weighted by Crippen LogP contribution is 2.12. The lowest BCUT2D eigenvalue weighted by molar-refractivity contribution is 0.350. The van der Waals surface area contributed by atoms with Crippen LogP contribution in [0.5, 0.6) is 0 Å². The summed E-state index contributed by atoms with van der Waals surface area (Å²) in [4.78, 5) is 11.4. The quantitative estimate of drug-likeness (QED) is 0.687. The van der Waals surface area contributed by atoms with Crippen LogP contribution in [0, 0.1) is 18.8 Å². The minimum atomic E-state index is -0.296. The van der Waals surface area contributed by atoms with Crippen molar-refractivity contribution in [2.75, 3.05) is 6.61 Å². The van der Waals surface area contributed by atoms with Gasteiger partial charge in [0.15, 0.2) is 0 Å². The van der Waals surface area contributed by atoms with Crippen LogP contribution < -0.4 is 5.69 Å². The number of rotatable bonds is 1. The molecule has 0 aliphatic carbocycles. The molecule has 1 heterocycles. The molecule has 0 saturated carbocycles. The van der Waals surface area contributed by atoms with Gasteiger partial charge in [-0.1, -0.05) is 17.9 Å². The van der Waals surface area contributed by atoms with Crippen molar-refractivity contribution in [2.45, 2.75) is 6.92 Å². The van der Waals surface area contributed by atoms with E-state index in [1.807, 2.05) is 19.1 Å². The minimum Gasteiger partial charge on any atom is -0.384 e. The molecule has 86 valence electrons. The highest BCUT2D eigenvalue weighted by Gasteiger charge is 2.03. The lowest BCUT2D eigenvalue weighted by atomic mass is 10.1. The number of hydrogen-bond acceptors (Lipinski definition) is 3. The summed E-state index contributed by atoms with van der Waals surface area (Å²) in [5.74, 6) is 5.43. The molecule has 2 rings (SSSR count). The van der Waals surface area contributed by atoms with Crippen molar-refractivity contribution in [3.63, 3.8) is 0 Å². The van der Waals surface area contributed by atoms with Gasteiger partial charge in [-0.2, -0.15) is 5.10 Å². The Labute approximate surface area is 97.7 Å². The van der Waals surface area contributed by atoms with Gasteiger partial charge in [0.1, 0.15) is 12.9 Å². The van der Waals surface area contributed by atoms with Gasteiger partial charge >= 0.3 is 5.69 Å². The second-order valence-electron chi connectivity index (χ2n) is 3.49. The van der Waals surface area contributed by atoms with E-state index in [9.17, 15) is 4.79 Å². The first-order chi connectivity index (χ1) is 8.22. The zero-order valence-electron chi connectivity index (χ0n) is 9.27. The first kappa shape index (κ1) is 11.2. The molecular weight excluding hydrogens is 218 g/mol. The van der Waals surface area contributed by atoms with Crippen LogP contribution in [0.4, 0.5) is 0 Å². The van der Waals surface area contributed by atoms with E-state index in [-0.39, 0.29) is 12.3 Å². The number of aryl methyl sites for hydroxylation is 1. The van der Waals surface area contributed by atoms with Crippen LogP contribution in [-0.4, -0.2) is 26.5 Å². The predicted octanol–water partition coefficient (Wildman–Crippen LogP) is 0.213. The van der Waals surface area contributed by atoms with Crippen molar-refractivity contribution in [3.05, 3.63) is 46.1 Å². The fourth-order valence-electron chi connectivity index (χ4n) is 1.46. The van der Waals surface area contributed by atoms with Crippen molar-refractivity contribution in [1.29, 1.82) is 0 Å². The average Bonchev–Trinajstić information content (AvgIpc) is 2.75. The van der Waals surface area contributed by atoms with E-state index in [2.05, 4.69) is 22.0 Å². The maximum Gasteiger partial charge on any atom is 0.347 e. The van der Waals surface area contributed by atoms with E-state index in [1.54, 1.807) is 6.07 Å². The molecule has 17 heavy (non-hydrogen) atoms. The lowest BCUT2D eigenvalue weighted by Gasteiger charge is -2.03. The second-order valence-corrected chi connectivity index (χ2v) is 3.49. The third-order valence-electron chi connectivity index (χ3n) is 2.35. The lowest BCUT2D eigenvalue weighted by Crippen LogP contribution is -2.14. The molecule has 0 fully saturated rings. The zero-order valence-corrected chi connectivity index (χ0v) is 9.27. The third kappa shape index (κ3) is 2.27. The Kier molecular flexibility index (Phi) is 3.08. The van der Waals surface area contributed by atoms with Crippen LogP contribution in [0.1, 0.15) is 11.1 Å². The van der Waals surface area contributed by atoms with Gasteiger partial charge in [0.2, 0.25) is 0 Å². The van der Waals surface area contributed by atoms with Gasteiger partial charge < -0.3 is 5.11 Å². The molecule has 1 aromatic heterocycles. The first-order valence-corrected chi connectivity index (χ1v) is 5.05. The summed E-state index contributed by atoms with van der Waals surface area (Å²) in [6.07, 6.45) is 1.41. The molecule has 0 saturated heterocycles. The Morgan fingerprint density at radius 3 is 3.00 bits per heavy atom. The molecule has 0 unspecified atom stereocenters. The van der Waals surface area contributed by atoms with E-state index >= 15 is 0 Å². The Bertz CT molecular complexity index is 644. The highest BCUT2D eigenvalue weighted by atomic mass is 16.2. The molecule has 1 aromatic carbocycles. The zero-order chi connectivity index (χ0) is 12.3. The van der Waals surface area contributed by atoms with Crippen molar-refractivity contribution in [1.82, 2.24) is 14.8 Å². The number of benzene rings is 1. The monoisotopic (exact) mass is 229 g/mol. The molecule has 0 amide bonds. The number of nitrogens with zero attached hydrogens (tertiary/aromatic N) is 2. The fraction of sp³-hybridized carbons (Fsp3) is 0.167. The summed E-state index contributed by atoms with van der Waals surface area (Å²) in [5.41, 5.74) is 2.17. The molecule has 2 N–H and O–H groups in total. The van der Waals surface area contributed by atoms with Gasteiger partial charge in [0.05, 0.1) is 5.69 Å². The second kappa shape index (κ2) is 4.68. The number of H-pyrrole nitrogens is 1. The van der Waals surface area contributed by atoms with Crippen molar-refractivity contribution >= 4 is 0 Å². The molecule has 0 radical (unpaired) electrons. The van der Waals surface area contributed by atoms with Gasteiger partial charge in [-0.05, 0) is 24.6 Å². The standard InChI is InChI=1S/C12H11N3O2/c1-9-4-5-11(7-10(9)3-2-6-16)15-8-13-14-12(15)17/h4-5,7-8,16H,6H2,1H3,(H,14,17). The number of aliphatic hydroxyl groups excluding tert-OH is 1. The van der Waals surface area contributed by atoms with Crippen LogP contribution in [0.25, 0.3) is 5.69 Å². The number of hydrogen-bond donors (Lipinski definition) is 2. The molecule has 0 atom stereocenters. The number of nitrogens with one attached hydrogen (secondary N) is 1. The van der Waals surface area contributed by atoms with Gasteiger partial charge in [-0.3, -0.25) is 0 Å². The molecule has 0 spiro atoms. The molecule has 5 heteroatoms. The number of aromatic amines is 1. The van der Waals surface area contributed by atoms with E-state index in [0.29, 0.717) is 5.69 Å². The maximum atomic E-state index is 11.4. The van der Waals surface area contributed by atoms with Crippen molar-refractivity contribution < 1.29 is 5.11 Å². The third-order valence-corrected chi connectivity index (χ3v) is 2.35. The van der Waals surface area contributed by atoms with Crippen LogP contribution >= 0.6 is 0 Å². The van der Waals surface area contributed by atoms with E-state index in [1.165, 1.54) is 10.9 Å². The van der Waals surface area contributed by atoms with E-state index < -0.39 is 0 Å². The normalized spacial score (nSPS) is 9.76. The summed E-state index contributed by atoms with van der Waals surface area (Å²) in [7, 11) is 0. The van der Waals surface area contributed by atoms with Gasteiger partial charge in [-0.25, -0.2) is 14.5 Å². The molecule has 0 bridgehead atoms. The minimum absolute atomic E-state index is 0.185. The molecule has 5 nitrogen and oxygen atoms in total. The Balaban J connectivity index is 2.52. The van der Waals surface area contributed by atoms with Crippen molar-refractivity contribution in [3.8, 4) is 17.5 Å². The number of aliphatic hydroxyl groups is 1. The van der Waals surface area contributed by atoms with Crippen LogP contribution in [0.15, 0.2) is 29.3 Å². The SMILES string of the molecule is Cc1ccc(-n2cn[nH]c2=O)cc1C#CCO. The maximum absolute atomic E-state index is 11.4. The van der Waals surface area contributed by atoms with Gasteiger partial charge in [0, 0.05) is 5.56 Å². The highest BCUT2D eigenvalue weighted by molar-refractivity contribution is 5.48. The largest absolute Gasteiger partial charge is 0.384 e. The summed E-state index contributed by atoms with van der Waals surface area (Å²) in [5, 5.41) is 14.7. The molecule has 0 aliphatic rings. The summed E-state index contributed by atoms with van der Waals surface area (Å²) in [6.45, 7) is 1.73. The fourth-order valence-corrected chi connectivity index (χ4v) is 1.46. The summed E-state index contributed by atoms with van der Waals surface area (Å²) >= 11 is 0. The molecular formula is C12H11N3O2. The average molecular weight is 229 g/mol. The van der Waals surface area contributed by atoms with Crippen LogP contribution in [0.3, 0.4) is 0 Å². The Hall–Kier alpha value is -2.32.